The third-order valence-corrected chi connectivity index (χ3v) is 5.26. The molecule has 1 fully saturated rings. The molecule has 0 aromatic carbocycles. The molecule has 0 amide bonds. The quantitative estimate of drug-likeness (QED) is 0.444. The van der Waals surface area contributed by atoms with Crippen LogP contribution in [-0.2, 0) is 19.1 Å². The molecule has 0 spiro atoms. The second-order valence-electron chi connectivity index (χ2n) is 6.25. The lowest BCUT2D eigenvalue weighted by molar-refractivity contribution is -0.173. The minimum Gasteiger partial charge on any atom is -0.468 e. The fourth-order valence-electron chi connectivity index (χ4n) is 4.30. The summed E-state index contributed by atoms with van der Waals surface area (Å²) in [6.45, 7) is 2.16. The first kappa shape index (κ1) is 16.1. The Bertz CT molecular complexity index is 411. The summed E-state index contributed by atoms with van der Waals surface area (Å²) in [5, 5.41) is 0. The molecule has 0 aromatic heterocycles. The number of hydrogen-bond acceptors (Lipinski definition) is 4. The number of rotatable bonds is 5. The van der Waals surface area contributed by atoms with Gasteiger partial charge in [-0.3, -0.25) is 9.59 Å². The van der Waals surface area contributed by atoms with Crippen LogP contribution in [0.5, 0.6) is 0 Å². The van der Waals surface area contributed by atoms with E-state index in [9.17, 15) is 9.59 Å². The number of ether oxygens (including phenoxy) is 2. The molecular weight excluding hydrogens is 268 g/mol. The zero-order valence-corrected chi connectivity index (χ0v) is 13.3. The Hall–Kier alpha value is -1.32. The van der Waals surface area contributed by atoms with Gasteiger partial charge in [-0.25, -0.2) is 0 Å². The highest BCUT2D eigenvalue weighted by molar-refractivity contribution is 6.01. The van der Waals surface area contributed by atoms with Crippen molar-refractivity contribution in [3.63, 3.8) is 0 Å². The van der Waals surface area contributed by atoms with Crippen molar-refractivity contribution in [3.8, 4) is 0 Å². The van der Waals surface area contributed by atoms with Gasteiger partial charge < -0.3 is 9.47 Å². The summed E-state index contributed by atoms with van der Waals surface area (Å²) in [6.07, 6.45) is 10.0. The van der Waals surface area contributed by atoms with Crippen LogP contribution in [0.3, 0.4) is 0 Å². The number of esters is 2. The van der Waals surface area contributed by atoms with Crippen molar-refractivity contribution >= 4 is 11.9 Å². The Balaban J connectivity index is 2.37. The molecule has 2 rings (SSSR count). The number of unbranched alkanes of at least 4 members (excludes halogenated alkanes) is 1. The van der Waals surface area contributed by atoms with E-state index in [-0.39, 0.29) is 5.92 Å². The van der Waals surface area contributed by atoms with Crippen molar-refractivity contribution in [1.29, 1.82) is 0 Å². The first-order valence-corrected chi connectivity index (χ1v) is 7.95. The largest absolute Gasteiger partial charge is 0.468 e. The molecule has 2 aliphatic rings. The highest BCUT2D eigenvalue weighted by Crippen LogP contribution is 2.56. The second-order valence-corrected chi connectivity index (χ2v) is 6.25. The van der Waals surface area contributed by atoms with Gasteiger partial charge in [0.2, 0.25) is 0 Å². The number of allylic oxidation sites excluding steroid dienone is 2. The van der Waals surface area contributed by atoms with Crippen molar-refractivity contribution in [2.45, 2.75) is 45.4 Å². The van der Waals surface area contributed by atoms with Crippen LogP contribution in [-0.4, -0.2) is 26.2 Å². The smallest absolute Gasteiger partial charge is 0.323 e. The van der Waals surface area contributed by atoms with Crippen molar-refractivity contribution in [2.24, 2.45) is 23.2 Å². The lowest BCUT2D eigenvalue weighted by Gasteiger charge is -2.33. The molecule has 0 bridgehead atoms. The van der Waals surface area contributed by atoms with Crippen molar-refractivity contribution in [1.82, 2.24) is 0 Å². The van der Waals surface area contributed by atoms with Crippen LogP contribution < -0.4 is 0 Å². The van der Waals surface area contributed by atoms with E-state index in [1.807, 2.05) is 0 Å². The van der Waals surface area contributed by atoms with Gasteiger partial charge in [0, 0.05) is 0 Å². The van der Waals surface area contributed by atoms with Gasteiger partial charge in [0.1, 0.15) is 0 Å². The molecule has 1 saturated carbocycles. The molecule has 4 heteroatoms. The zero-order chi connectivity index (χ0) is 15.5. The molecule has 0 aromatic rings. The Morgan fingerprint density at radius 2 is 1.90 bits per heavy atom. The SMILES string of the molecule is CCCCC1CC(C(=O)OC)(C(=O)OC)C2CCC=CC12. The van der Waals surface area contributed by atoms with E-state index >= 15 is 0 Å². The van der Waals surface area contributed by atoms with Crippen LogP contribution in [0.15, 0.2) is 12.2 Å². The summed E-state index contributed by atoms with van der Waals surface area (Å²) >= 11 is 0. The topological polar surface area (TPSA) is 52.6 Å². The number of hydrogen-bond donors (Lipinski definition) is 0. The monoisotopic (exact) mass is 294 g/mol. The lowest BCUT2D eigenvalue weighted by Crippen LogP contribution is -2.45. The van der Waals surface area contributed by atoms with E-state index in [0.29, 0.717) is 18.3 Å². The lowest BCUT2D eigenvalue weighted by atomic mass is 9.71. The summed E-state index contributed by atoms with van der Waals surface area (Å²) in [6, 6.07) is 0. The number of carbonyl (C=O) groups excluding carboxylic acids is 2. The molecule has 4 nitrogen and oxygen atoms in total. The predicted molar refractivity (Wildman–Crippen MR) is 79.5 cm³/mol. The number of carbonyl (C=O) groups is 2. The molecule has 0 aliphatic heterocycles. The van der Waals surface area contributed by atoms with Gasteiger partial charge in [-0.15, -0.1) is 0 Å². The van der Waals surface area contributed by atoms with E-state index in [2.05, 4.69) is 19.1 Å². The van der Waals surface area contributed by atoms with E-state index < -0.39 is 17.4 Å². The fraction of sp³-hybridized carbons (Fsp3) is 0.765. The summed E-state index contributed by atoms with van der Waals surface area (Å²) in [5.41, 5.74) is -1.10. The first-order chi connectivity index (χ1) is 10.1. The minimum absolute atomic E-state index is 0.0178. The molecule has 2 aliphatic carbocycles. The van der Waals surface area contributed by atoms with Crippen molar-refractivity contribution in [2.75, 3.05) is 14.2 Å². The summed E-state index contributed by atoms with van der Waals surface area (Å²) < 4.78 is 10.00. The Morgan fingerprint density at radius 3 is 2.48 bits per heavy atom. The van der Waals surface area contributed by atoms with Crippen molar-refractivity contribution < 1.29 is 19.1 Å². The second kappa shape index (κ2) is 6.63. The molecule has 3 atom stereocenters. The number of methoxy groups -OCH3 is 2. The molecular formula is C17H26O4. The Labute approximate surface area is 126 Å². The first-order valence-electron chi connectivity index (χ1n) is 7.95. The van der Waals surface area contributed by atoms with E-state index in [1.54, 1.807) is 0 Å². The zero-order valence-electron chi connectivity index (χ0n) is 13.3. The maximum absolute atomic E-state index is 12.5. The van der Waals surface area contributed by atoms with Crippen LogP contribution in [0.2, 0.25) is 0 Å². The highest BCUT2D eigenvalue weighted by Gasteiger charge is 2.62. The van der Waals surface area contributed by atoms with Crippen LogP contribution in [0.1, 0.15) is 45.4 Å². The molecule has 118 valence electrons. The van der Waals surface area contributed by atoms with Crippen LogP contribution in [0, 0.1) is 23.2 Å². The average molecular weight is 294 g/mol. The van der Waals surface area contributed by atoms with Gasteiger partial charge in [0.25, 0.3) is 0 Å². The average Bonchev–Trinajstić information content (AvgIpc) is 2.87. The molecule has 3 unspecified atom stereocenters. The molecule has 0 radical (unpaired) electrons. The van der Waals surface area contributed by atoms with E-state index in [4.69, 9.17) is 9.47 Å². The van der Waals surface area contributed by atoms with Gasteiger partial charge in [-0.05, 0) is 43.4 Å². The van der Waals surface area contributed by atoms with E-state index in [0.717, 1.165) is 32.1 Å². The normalized spacial score (nSPS) is 29.8. The maximum Gasteiger partial charge on any atom is 0.323 e. The van der Waals surface area contributed by atoms with Gasteiger partial charge in [-0.2, -0.15) is 0 Å². The van der Waals surface area contributed by atoms with Crippen LogP contribution in [0.4, 0.5) is 0 Å². The van der Waals surface area contributed by atoms with Gasteiger partial charge in [-0.1, -0.05) is 31.9 Å². The molecule has 0 heterocycles. The third-order valence-electron chi connectivity index (χ3n) is 5.26. The summed E-state index contributed by atoms with van der Waals surface area (Å²) in [5.74, 6) is -0.158. The predicted octanol–water partition coefficient (Wildman–Crippen LogP) is 3.11. The third kappa shape index (κ3) is 2.60. The molecule has 21 heavy (non-hydrogen) atoms. The standard InChI is InChI=1S/C17H26O4/c1-4-5-8-12-11-17(15(18)20-2,16(19)21-3)14-10-7-6-9-13(12)14/h6,9,12-14H,4-5,7-8,10-11H2,1-3H3. The summed E-state index contributed by atoms with van der Waals surface area (Å²) in [7, 11) is 2.72. The van der Waals surface area contributed by atoms with E-state index in [1.165, 1.54) is 14.2 Å². The molecule has 0 N–H and O–H groups in total. The number of fused-ring (bicyclic) bond motifs is 1. The molecule has 0 saturated heterocycles. The Kier molecular flexibility index (Phi) is 5.07. The minimum atomic E-state index is -1.10. The van der Waals surface area contributed by atoms with Gasteiger partial charge in [0.15, 0.2) is 5.41 Å². The van der Waals surface area contributed by atoms with Gasteiger partial charge >= 0.3 is 11.9 Å². The fourth-order valence-corrected chi connectivity index (χ4v) is 4.30. The van der Waals surface area contributed by atoms with Crippen LogP contribution in [0.25, 0.3) is 0 Å². The highest BCUT2D eigenvalue weighted by atomic mass is 16.5. The van der Waals surface area contributed by atoms with Crippen molar-refractivity contribution in [3.05, 3.63) is 12.2 Å². The summed E-state index contributed by atoms with van der Waals surface area (Å²) in [4.78, 5) is 24.9. The van der Waals surface area contributed by atoms with Crippen LogP contribution >= 0.6 is 0 Å². The maximum atomic E-state index is 12.5. The Morgan fingerprint density at radius 1 is 1.24 bits per heavy atom. The van der Waals surface area contributed by atoms with Gasteiger partial charge in [0.05, 0.1) is 14.2 Å².